The zero-order valence-corrected chi connectivity index (χ0v) is 24.6. The molecule has 0 bridgehead atoms. The second-order valence-electron chi connectivity index (χ2n) is 12.3. The third kappa shape index (κ3) is 5.61. The van der Waals surface area contributed by atoms with E-state index in [-0.39, 0.29) is 10.8 Å². The van der Waals surface area contributed by atoms with Crippen molar-refractivity contribution in [3.8, 4) is 57.2 Å². The minimum absolute atomic E-state index is 0.0709. The largest absolute Gasteiger partial charge is 0.416 e. The maximum Gasteiger partial charge on any atom is 0.248 e. The average molecular weight is 557 g/mol. The first-order valence-electron chi connectivity index (χ1n) is 13.9. The first-order valence-corrected chi connectivity index (χ1v) is 13.9. The molecule has 0 aliphatic heterocycles. The van der Waals surface area contributed by atoms with Gasteiger partial charge in [-0.1, -0.05) is 65.8 Å². The van der Waals surface area contributed by atoms with E-state index in [2.05, 4.69) is 96.2 Å². The molecule has 4 aromatic heterocycles. The molecule has 0 amide bonds. The summed E-state index contributed by atoms with van der Waals surface area (Å²) < 4.78 is 12.1. The first-order chi connectivity index (χ1) is 20.0. The highest BCUT2D eigenvalue weighted by atomic mass is 16.4. The molecule has 2 aromatic carbocycles. The van der Waals surface area contributed by atoms with Crippen molar-refractivity contribution in [2.75, 3.05) is 0 Å². The van der Waals surface area contributed by atoms with Crippen LogP contribution < -0.4 is 0 Å². The second-order valence-corrected chi connectivity index (χ2v) is 12.3. The lowest BCUT2D eigenvalue weighted by molar-refractivity contribution is 0.581. The molecule has 42 heavy (non-hydrogen) atoms. The van der Waals surface area contributed by atoms with Gasteiger partial charge in [-0.3, -0.25) is 9.97 Å². The van der Waals surface area contributed by atoms with Crippen molar-refractivity contribution < 1.29 is 8.83 Å². The van der Waals surface area contributed by atoms with E-state index >= 15 is 0 Å². The average Bonchev–Trinajstić information content (AvgIpc) is 3.68. The van der Waals surface area contributed by atoms with E-state index in [4.69, 9.17) is 8.83 Å². The lowest BCUT2D eigenvalue weighted by Crippen LogP contribution is -2.10. The molecule has 6 aromatic rings. The van der Waals surface area contributed by atoms with E-state index in [1.807, 2.05) is 48.5 Å². The molecule has 0 radical (unpaired) electrons. The maximum absolute atomic E-state index is 6.03. The van der Waals surface area contributed by atoms with Gasteiger partial charge in [-0.15, -0.1) is 20.4 Å². The van der Waals surface area contributed by atoms with E-state index in [0.717, 1.165) is 22.3 Å². The molecular weight excluding hydrogens is 524 g/mol. The Morgan fingerprint density at radius 1 is 0.429 bits per heavy atom. The van der Waals surface area contributed by atoms with Crippen LogP contribution in [-0.4, -0.2) is 30.4 Å². The van der Waals surface area contributed by atoms with Crippen molar-refractivity contribution >= 4 is 0 Å². The molecule has 0 aliphatic rings. The summed E-state index contributed by atoms with van der Waals surface area (Å²) in [5.41, 5.74) is 7.17. The van der Waals surface area contributed by atoms with Crippen molar-refractivity contribution in [2.45, 2.75) is 52.4 Å². The SMILES string of the molecule is CC(C)(C)c1ccc(-c2nnc(-c3ccnc(-c4cc(-c5nnc(-c6ccc(C(C)(C)C)cc6)o5)ccn4)c3)o2)cc1. The number of nitrogens with zero attached hydrogens (tertiary/aromatic N) is 6. The second kappa shape index (κ2) is 10.4. The quantitative estimate of drug-likeness (QED) is 0.209. The van der Waals surface area contributed by atoms with Crippen molar-refractivity contribution in [1.29, 1.82) is 0 Å². The van der Waals surface area contributed by atoms with E-state index < -0.39 is 0 Å². The highest BCUT2D eigenvalue weighted by molar-refractivity contribution is 5.68. The molecule has 0 spiro atoms. The topological polar surface area (TPSA) is 104 Å². The number of rotatable bonds is 5. The van der Waals surface area contributed by atoms with Gasteiger partial charge in [0.05, 0.1) is 11.4 Å². The Hall–Kier alpha value is -4.98. The van der Waals surface area contributed by atoms with Crippen LogP contribution in [0.3, 0.4) is 0 Å². The number of benzene rings is 2. The molecule has 6 rings (SSSR count). The molecule has 4 heterocycles. The van der Waals surface area contributed by atoms with Crippen molar-refractivity contribution in [1.82, 2.24) is 30.4 Å². The number of hydrogen-bond donors (Lipinski definition) is 0. The van der Waals surface area contributed by atoms with Gasteiger partial charge in [-0.25, -0.2) is 0 Å². The van der Waals surface area contributed by atoms with Crippen LogP contribution in [0.1, 0.15) is 52.7 Å². The third-order valence-electron chi connectivity index (χ3n) is 7.12. The van der Waals surface area contributed by atoms with Gasteiger partial charge >= 0.3 is 0 Å². The molecule has 0 unspecified atom stereocenters. The fourth-order valence-electron chi connectivity index (χ4n) is 4.55. The fourth-order valence-corrected chi connectivity index (χ4v) is 4.55. The molecule has 210 valence electrons. The predicted molar refractivity (Wildman–Crippen MR) is 162 cm³/mol. The van der Waals surface area contributed by atoms with Crippen LogP contribution in [0.4, 0.5) is 0 Å². The highest BCUT2D eigenvalue weighted by Gasteiger charge is 2.18. The Morgan fingerprint density at radius 3 is 1.10 bits per heavy atom. The van der Waals surface area contributed by atoms with Crippen LogP contribution in [0.15, 0.2) is 94.0 Å². The first kappa shape index (κ1) is 27.2. The van der Waals surface area contributed by atoms with E-state index in [1.165, 1.54) is 11.1 Å². The van der Waals surface area contributed by atoms with Crippen molar-refractivity contribution in [2.24, 2.45) is 0 Å². The molecule has 8 heteroatoms. The normalized spacial score (nSPS) is 12.0. The predicted octanol–water partition coefficient (Wildman–Crippen LogP) is 8.17. The Balaban J connectivity index is 1.23. The summed E-state index contributed by atoms with van der Waals surface area (Å²) in [5.74, 6) is 1.74. The van der Waals surface area contributed by atoms with Gasteiger partial charge < -0.3 is 8.83 Å². The Kier molecular flexibility index (Phi) is 6.77. The molecule has 0 aliphatic carbocycles. The third-order valence-corrected chi connectivity index (χ3v) is 7.12. The Morgan fingerprint density at radius 2 is 0.762 bits per heavy atom. The Labute approximate surface area is 244 Å². The minimum Gasteiger partial charge on any atom is -0.416 e. The summed E-state index contributed by atoms with van der Waals surface area (Å²) in [4.78, 5) is 9.06. The Bertz CT molecular complexity index is 1700. The van der Waals surface area contributed by atoms with Crippen molar-refractivity contribution in [3.05, 3.63) is 96.3 Å². The summed E-state index contributed by atoms with van der Waals surface area (Å²) in [6.07, 6.45) is 3.40. The molecule has 0 saturated carbocycles. The van der Waals surface area contributed by atoms with Gasteiger partial charge in [0.25, 0.3) is 0 Å². The number of hydrogen-bond acceptors (Lipinski definition) is 8. The minimum atomic E-state index is 0.0709. The van der Waals surface area contributed by atoms with E-state index in [0.29, 0.717) is 35.0 Å². The monoisotopic (exact) mass is 556 g/mol. The van der Waals surface area contributed by atoms with Gasteiger partial charge in [0.15, 0.2) is 0 Å². The van der Waals surface area contributed by atoms with Crippen LogP contribution in [0.5, 0.6) is 0 Å². The molecule has 8 nitrogen and oxygen atoms in total. The molecule has 0 N–H and O–H groups in total. The van der Waals surface area contributed by atoms with Crippen LogP contribution >= 0.6 is 0 Å². The zero-order chi connectivity index (χ0) is 29.5. The summed E-state index contributed by atoms with van der Waals surface area (Å²) in [6.45, 7) is 13.1. The van der Waals surface area contributed by atoms with Gasteiger partial charge in [0.1, 0.15) is 0 Å². The van der Waals surface area contributed by atoms with Crippen LogP contribution in [0, 0.1) is 0 Å². The van der Waals surface area contributed by atoms with Gasteiger partial charge in [0.2, 0.25) is 23.6 Å². The van der Waals surface area contributed by atoms with Crippen molar-refractivity contribution in [3.63, 3.8) is 0 Å². The summed E-state index contributed by atoms with van der Waals surface area (Å²) in [5, 5.41) is 17.1. The van der Waals surface area contributed by atoms with Gasteiger partial charge in [-0.05, 0) is 70.5 Å². The van der Waals surface area contributed by atoms with Crippen LogP contribution in [-0.2, 0) is 10.8 Å². The smallest absolute Gasteiger partial charge is 0.248 e. The molecule has 0 saturated heterocycles. The maximum atomic E-state index is 6.03. The van der Waals surface area contributed by atoms with Gasteiger partial charge in [-0.2, -0.15) is 0 Å². The molecule has 0 fully saturated rings. The fraction of sp³-hybridized carbons (Fsp3) is 0.235. The lowest BCUT2D eigenvalue weighted by atomic mass is 9.87. The van der Waals surface area contributed by atoms with Crippen LogP contribution in [0.25, 0.3) is 57.2 Å². The number of aromatic nitrogens is 6. The summed E-state index contributed by atoms with van der Waals surface area (Å²) in [7, 11) is 0. The van der Waals surface area contributed by atoms with Crippen LogP contribution in [0.2, 0.25) is 0 Å². The van der Waals surface area contributed by atoms with E-state index in [1.54, 1.807) is 12.4 Å². The lowest BCUT2D eigenvalue weighted by Gasteiger charge is -2.18. The van der Waals surface area contributed by atoms with Gasteiger partial charge in [0, 0.05) is 34.6 Å². The molecular formula is C34H32N6O2. The summed E-state index contributed by atoms with van der Waals surface area (Å²) >= 11 is 0. The zero-order valence-electron chi connectivity index (χ0n) is 24.6. The summed E-state index contributed by atoms with van der Waals surface area (Å²) in [6, 6.07) is 23.8. The van der Waals surface area contributed by atoms with E-state index in [9.17, 15) is 0 Å². The standard InChI is InChI=1S/C34H32N6O2/c1-33(2,3)25-11-7-21(8-12-25)29-37-39-31(41-29)23-15-17-35-27(19-23)28-20-24(16-18-36-28)32-40-38-30(42-32)22-9-13-26(14-10-22)34(4,5)6/h7-20H,1-6H3. The number of pyridine rings is 2. The highest BCUT2D eigenvalue weighted by Crippen LogP contribution is 2.31. The molecule has 0 atom stereocenters.